The Morgan fingerprint density at radius 3 is 2.69 bits per heavy atom. The number of Topliss-reactive ketones (excluding diaryl/α,β-unsaturated/α-hetero) is 1. The number of anilines is 1. The van der Waals surface area contributed by atoms with Crippen molar-refractivity contribution in [3.05, 3.63) is 22.1 Å². The molecule has 1 aromatic rings. The first-order chi connectivity index (χ1) is 7.69. The predicted molar refractivity (Wildman–Crippen MR) is 60.7 cm³/mol. The lowest BCUT2D eigenvalue weighted by Gasteiger charge is -2.26. The molecule has 1 aromatic heterocycles. The summed E-state index contributed by atoms with van der Waals surface area (Å²) in [5.74, 6) is 0.877. The van der Waals surface area contributed by atoms with Crippen LogP contribution in [0.1, 0.15) is 25.5 Å². The number of carbonyl (C=O) groups is 1. The van der Waals surface area contributed by atoms with Crippen LogP contribution in [-0.2, 0) is 11.2 Å². The van der Waals surface area contributed by atoms with Gasteiger partial charge in [-0.05, 0) is 6.42 Å². The van der Waals surface area contributed by atoms with E-state index in [4.69, 9.17) is 0 Å². The van der Waals surface area contributed by atoms with Gasteiger partial charge in [-0.3, -0.25) is 14.6 Å². The van der Waals surface area contributed by atoms with Crippen molar-refractivity contribution in [1.29, 1.82) is 0 Å². The zero-order chi connectivity index (χ0) is 11.5. The molecule has 5 nitrogen and oxygen atoms in total. The molecule has 86 valence electrons. The number of H-pyrrole nitrogens is 1. The van der Waals surface area contributed by atoms with Gasteiger partial charge in [-0.25, -0.2) is 4.98 Å². The van der Waals surface area contributed by atoms with Gasteiger partial charge in [-0.15, -0.1) is 0 Å². The van der Waals surface area contributed by atoms with E-state index < -0.39 is 0 Å². The molecule has 1 fully saturated rings. The maximum atomic E-state index is 11.4. The molecule has 0 saturated carbocycles. The Morgan fingerprint density at radius 1 is 1.38 bits per heavy atom. The summed E-state index contributed by atoms with van der Waals surface area (Å²) in [4.78, 5) is 31.5. The van der Waals surface area contributed by atoms with E-state index >= 15 is 0 Å². The summed E-state index contributed by atoms with van der Waals surface area (Å²) in [5, 5.41) is 0. The molecule has 16 heavy (non-hydrogen) atoms. The molecule has 0 atom stereocenters. The average Bonchev–Trinajstić information content (AvgIpc) is 2.29. The minimum absolute atomic E-state index is 0.126. The molecule has 1 N–H and O–H groups in total. The molecule has 0 aliphatic carbocycles. The number of hydrogen-bond acceptors (Lipinski definition) is 4. The van der Waals surface area contributed by atoms with Gasteiger partial charge in [0.1, 0.15) is 5.78 Å². The Kier molecular flexibility index (Phi) is 3.03. The largest absolute Gasteiger partial charge is 0.341 e. The lowest BCUT2D eigenvalue weighted by molar-refractivity contribution is -0.119. The number of aromatic nitrogens is 2. The highest BCUT2D eigenvalue weighted by molar-refractivity contribution is 5.80. The van der Waals surface area contributed by atoms with Crippen molar-refractivity contribution in [3.8, 4) is 0 Å². The highest BCUT2D eigenvalue weighted by Crippen LogP contribution is 2.12. The Balaban J connectivity index is 2.23. The first-order valence-corrected chi connectivity index (χ1v) is 5.56. The van der Waals surface area contributed by atoms with Crippen molar-refractivity contribution < 1.29 is 4.79 Å². The van der Waals surface area contributed by atoms with Gasteiger partial charge in [-0.1, -0.05) is 6.92 Å². The number of nitrogens with one attached hydrogen (secondary N) is 1. The lowest BCUT2D eigenvalue weighted by Crippen LogP contribution is -2.36. The number of hydrogen-bond donors (Lipinski definition) is 1. The molecule has 1 saturated heterocycles. The summed E-state index contributed by atoms with van der Waals surface area (Å²) < 4.78 is 0. The molecule has 0 amide bonds. The van der Waals surface area contributed by atoms with Crippen LogP contribution in [0.5, 0.6) is 0 Å². The fourth-order valence-corrected chi connectivity index (χ4v) is 1.79. The van der Waals surface area contributed by atoms with Gasteiger partial charge in [0.05, 0.1) is 0 Å². The van der Waals surface area contributed by atoms with Gasteiger partial charge in [0.15, 0.2) is 0 Å². The number of aromatic amines is 1. The summed E-state index contributed by atoms with van der Waals surface area (Å²) in [6, 6.07) is 1.51. The average molecular weight is 221 g/mol. The minimum atomic E-state index is -0.126. The Morgan fingerprint density at radius 2 is 2.06 bits per heavy atom. The first-order valence-electron chi connectivity index (χ1n) is 5.56. The van der Waals surface area contributed by atoms with Gasteiger partial charge in [0, 0.05) is 37.7 Å². The van der Waals surface area contributed by atoms with Crippen molar-refractivity contribution in [1.82, 2.24) is 9.97 Å². The molecule has 0 spiro atoms. The van der Waals surface area contributed by atoms with E-state index in [1.54, 1.807) is 0 Å². The second kappa shape index (κ2) is 4.47. The van der Waals surface area contributed by atoms with E-state index in [1.807, 2.05) is 11.8 Å². The van der Waals surface area contributed by atoms with Crippen LogP contribution in [0.4, 0.5) is 5.95 Å². The van der Waals surface area contributed by atoms with Crippen LogP contribution in [-0.4, -0.2) is 28.8 Å². The van der Waals surface area contributed by atoms with E-state index in [1.165, 1.54) is 6.07 Å². The van der Waals surface area contributed by atoms with Crippen molar-refractivity contribution in [3.63, 3.8) is 0 Å². The van der Waals surface area contributed by atoms with E-state index in [2.05, 4.69) is 9.97 Å². The normalized spacial score (nSPS) is 16.6. The van der Waals surface area contributed by atoms with Gasteiger partial charge in [0.25, 0.3) is 5.56 Å². The van der Waals surface area contributed by atoms with Crippen LogP contribution in [0.25, 0.3) is 0 Å². The first kappa shape index (κ1) is 10.9. The Bertz CT molecular complexity index is 443. The van der Waals surface area contributed by atoms with Crippen LogP contribution < -0.4 is 10.5 Å². The Hall–Kier alpha value is -1.65. The van der Waals surface area contributed by atoms with Crippen LogP contribution in [0.3, 0.4) is 0 Å². The van der Waals surface area contributed by atoms with E-state index in [-0.39, 0.29) is 11.3 Å². The summed E-state index contributed by atoms with van der Waals surface area (Å²) in [5.41, 5.74) is 0.661. The highest BCUT2D eigenvalue weighted by Gasteiger charge is 2.18. The Labute approximate surface area is 93.5 Å². The van der Waals surface area contributed by atoms with Crippen molar-refractivity contribution in [2.45, 2.75) is 26.2 Å². The molecule has 2 rings (SSSR count). The minimum Gasteiger partial charge on any atom is -0.341 e. The van der Waals surface area contributed by atoms with Crippen LogP contribution in [0, 0.1) is 0 Å². The molecular weight excluding hydrogens is 206 g/mol. The highest BCUT2D eigenvalue weighted by atomic mass is 16.1. The van der Waals surface area contributed by atoms with Crippen molar-refractivity contribution in [2.75, 3.05) is 18.0 Å². The summed E-state index contributed by atoms with van der Waals surface area (Å²) in [6.45, 7) is 3.26. The maximum absolute atomic E-state index is 11.4. The third-order valence-corrected chi connectivity index (χ3v) is 2.77. The number of ketones is 1. The number of rotatable bonds is 2. The fourth-order valence-electron chi connectivity index (χ4n) is 1.79. The van der Waals surface area contributed by atoms with E-state index in [0.29, 0.717) is 31.9 Å². The number of aryl methyl sites for hydroxylation is 1. The van der Waals surface area contributed by atoms with Crippen LogP contribution in [0.2, 0.25) is 0 Å². The number of carbonyl (C=O) groups excluding carboxylic acids is 1. The zero-order valence-corrected chi connectivity index (χ0v) is 9.32. The van der Waals surface area contributed by atoms with Gasteiger partial charge >= 0.3 is 0 Å². The molecule has 1 aliphatic heterocycles. The predicted octanol–water partition coefficient (Wildman–Crippen LogP) is 0.502. The summed E-state index contributed by atoms with van der Waals surface area (Å²) >= 11 is 0. The molecule has 1 aliphatic rings. The molecule has 0 radical (unpaired) electrons. The molecular formula is C11H15N3O2. The van der Waals surface area contributed by atoms with Crippen molar-refractivity contribution >= 4 is 11.7 Å². The third-order valence-electron chi connectivity index (χ3n) is 2.77. The monoisotopic (exact) mass is 221 g/mol. The SMILES string of the molecule is CCc1cc(=O)[nH]c(N2CCC(=O)CC2)n1. The molecule has 5 heteroatoms. The third kappa shape index (κ3) is 2.29. The zero-order valence-electron chi connectivity index (χ0n) is 9.32. The topological polar surface area (TPSA) is 66.1 Å². The number of piperidine rings is 1. The molecule has 0 unspecified atom stereocenters. The molecule has 0 bridgehead atoms. The van der Waals surface area contributed by atoms with Gasteiger partial charge in [0.2, 0.25) is 5.95 Å². The quantitative estimate of drug-likeness (QED) is 0.789. The summed E-state index contributed by atoms with van der Waals surface area (Å²) in [6.07, 6.45) is 1.82. The standard InChI is InChI=1S/C11H15N3O2/c1-2-8-7-10(16)13-11(12-8)14-5-3-9(15)4-6-14/h7H,2-6H2,1H3,(H,12,13,16). The van der Waals surface area contributed by atoms with Crippen molar-refractivity contribution in [2.24, 2.45) is 0 Å². The van der Waals surface area contributed by atoms with Gasteiger partial charge < -0.3 is 4.90 Å². The fraction of sp³-hybridized carbons (Fsp3) is 0.545. The second-order valence-electron chi connectivity index (χ2n) is 3.94. The van der Waals surface area contributed by atoms with Crippen LogP contribution in [0.15, 0.2) is 10.9 Å². The second-order valence-corrected chi connectivity index (χ2v) is 3.94. The maximum Gasteiger partial charge on any atom is 0.252 e. The molecule has 0 aromatic carbocycles. The van der Waals surface area contributed by atoms with E-state index in [0.717, 1.165) is 12.1 Å². The van der Waals surface area contributed by atoms with Crippen LogP contribution >= 0.6 is 0 Å². The van der Waals surface area contributed by atoms with E-state index in [9.17, 15) is 9.59 Å². The summed E-state index contributed by atoms with van der Waals surface area (Å²) in [7, 11) is 0. The number of nitrogens with zero attached hydrogens (tertiary/aromatic N) is 2. The molecule has 2 heterocycles. The smallest absolute Gasteiger partial charge is 0.252 e. The lowest BCUT2D eigenvalue weighted by atomic mass is 10.1. The van der Waals surface area contributed by atoms with Gasteiger partial charge in [-0.2, -0.15) is 0 Å².